The monoisotopic (exact) mass is 317 g/mol. The van der Waals surface area contributed by atoms with Crippen molar-refractivity contribution in [3.8, 4) is 0 Å². The number of fused-ring (bicyclic) bond motifs is 1. The van der Waals surface area contributed by atoms with Crippen LogP contribution < -0.4 is 5.32 Å². The lowest BCUT2D eigenvalue weighted by Gasteiger charge is -2.16. The largest absolute Gasteiger partial charge is 0.467 e. The van der Waals surface area contributed by atoms with E-state index in [1.165, 1.54) is 13.2 Å². The molecule has 1 unspecified atom stereocenters. The van der Waals surface area contributed by atoms with E-state index in [0.29, 0.717) is 27.1 Å². The molecule has 1 aliphatic rings. The van der Waals surface area contributed by atoms with E-state index in [2.05, 4.69) is 25.4 Å². The van der Waals surface area contributed by atoms with Gasteiger partial charge in [-0.3, -0.25) is 0 Å². The molecule has 0 amide bonds. The van der Waals surface area contributed by atoms with Crippen molar-refractivity contribution < 1.29 is 9.53 Å². The van der Waals surface area contributed by atoms with E-state index in [1.807, 2.05) is 0 Å². The quantitative estimate of drug-likeness (QED) is 0.688. The van der Waals surface area contributed by atoms with Crippen molar-refractivity contribution in [1.29, 1.82) is 0 Å². The molecule has 0 fully saturated rings. The number of anilines is 1. The third kappa shape index (κ3) is 2.65. The van der Waals surface area contributed by atoms with Gasteiger partial charge in [0.1, 0.15) is 17.4 Å². The number of hydrogen-bond acceptors (Lipinski definition) is 5. The molecule has 0 aromatic heterocycles. The minimum Gasteiger partial charge on any atom is -0.467 e. The fraction of sp³-hybridized carbons (Fsp3) is 0.182. The van der Waals surface area contributed by atoms with Crippen LogP contribution in [0.3, 0.4) is 0 Å². The summed E-state index contributed by atoms with van der Waals surface area (Å²) in [6, 6.07) is 0.820. The summed E-state index contributed by atoms with van der Waals surface area (Å²) in [5, 5.41) is 3.68. The zero-order valence-corrected chi connectivity index (χ0v) is 12.1. The Morgan fingerprint density at radius 3 is 2.79 bits per heavy atom. The summed E-state index contributed by atoms with van der Waals surface area (Å²) in [7, 11) is 1.30. The molecular weight excluding hydrogens is 309 g/mol. The van der Waals surface area contributed by atoms with Gasteiger partial charge in [0, 0.05) is 0 Å². The van der Waals surface area contributed by atoms with Gasteiger partial charge in [-0.25, -0.2) is 4.79 Å². The SMILES string of the molecule is C=CC(Nc1c(Cl)cc(Cl)c2c1N=S=N2)C(=O)OC. The highest BCUT2D eigenvalue weighted by molar-refractivity contribution is 7.58. The summed E-state index contributed by atoms with van der Waals surface area (Å²) in [4.78, 5) is 11.5. The van der Waals surface area contributed by atoms with Crippen molar-refractivity contribution in [2.45, 2.75) is 6.04 Å². The van der Waals surface area contributed by atoms with Crippen molar-refractivity contribution >= 4 is 57.6 Å². The first-order valence-corrected chi connectivity index (χ1v) is 6.64. The standard InChI is InChI=1S/C11H9Cl2N3O2S/c1-3-7(11(17)18-2)14-8-5(12)4-6(13)9-10(8)16-19-15-9/h3-4,7,14H,1H2,2H3. The molecule has 1 N–H and O–H groups in total. The highest BCUT2D eigenvalue weighted by atomic mass is 35.5. The number of benzene rings is 1. The maximum absolute atomic E-state index is 11.5. The molecule has 0 saturated heterocycles. The van der Waals surface area contributed by atoms with Crippen LogP contribution in [0.2, 0.25) is 10.0 Å². The molecule has 2 rings (SSSR count). The Morgan fingerprint density at radius 1 is 1.47 bits per heavy atom. The van der Waals surface area contributed by atoms with E-state index in [4.69, 9.17) is 23.2 Å². The van der Waals surface area contributed by atoms with Gasteiger partial charge in [-0.1, -0.05) is 29.3 Å². The number of ether oxygens (including phenoxy) is 1. The molecule has 100 valence electrons. The Kier molecular flexibility index (Phi) is 4.24. The summed E-state index contributed by atoms with van der Waals surface area (Å²) in [6.07, 6.45) is 1.42. The zero-order valence-electron chi connectivity index (χ0n) is 9.81. The highest BCUT2D eigenvalue weighted by Gasteiger charge is 2.23. The van der Waals surface area contributed by atoms with Gasteiger partial charge in [-0.15, -0.1) is 6.58 Å². The summed E-state index contributed by atoms with van der Waals surface area (Å²) in [5.41, 5.74) is 1.52. The van der Waals surface area contributed by atoms with E-state index < -0.39 is 12.0 Å². The number of rotatable bonds is 4. The molecule has 0 bridgehead atoms. The molecule has 0 saturated carbocycles. The van der Waals surface area contributed by atoms with Gasteiger partial charge in [0.05, 0.1) is 34.2 Å². The fourth-order valence-corrected chi connectivity index (χ4v) is 2.67. The van der Waals surface area contributed by atoms with Gasteiger partial charge in [0.2, 0.25) is 0 Å². The number of halogens is 2. The Morgan fingerprint density at radius 2 is 2.16 bits per heavy atom. The van der Waals surface area contributed by atoms with E-state index in [0.717, 1.165) is 11.4 Å². The summed E-state index contributed by atoms with van der Waals surface area (Å²) in [6.45, 7) is 3.58. The molecular formula is C11H9Cl2N3O2S. The molecule has 1 aromatic rings. The molecule has 1 atom stereocenters. The number of hydrogen-bond donors (Lipinski definition) is 1. The van der Waals surface area contributed by atoms with Gasteiger partial charge >= 0.3 is 5.97 Å². The van der Waals surface area contributed by atoms with Gasteiger partial charge < -0.3 is 10.1 Å². The second kappa shape index (κ2) is 5.73. The normalized spacial score (nSPS) is 13.4. The number of nitrogens with one attached hydrogen (secondary N) is 1. The van der Waals surface area contributed by atoms with Crippen molar-refractivity contribution in [2.24, 2.45) is 8.73 Å². The van der Waals surface area contributed by atoms with Crippen LogP contribution in [0.1, 0.15) is 0 Å². The van der Waals surface area contributed by atoms with Crippen LogP contribution in [0.5, 0.6) is 0 Å². The minimum absolute atomic E-state index is 0.348. The third-order valence-electron chi connectivity index (χ3n) is 2.43. The zero-order chi connectivity index (χ0) is 14.0. The Hall–Kier alpha value is -1.37. The first-order valence-electron chi connectivity index (χ1n) is 5.15. The van der Waals surface area contributed by atoms with Gasteiger partial charge in [0.25, 0.3) is 0 Å². The lowest BCUT2D eigenvalue weighted by molar-refractivity contribution is -0.140. The van der Waals surface area contributed by atoms with E-state index in [9.17, 15) is 4.79 Å². The third-order valence-corrected chi connectivity index (χ3v) is 3.55. The van der Waals surface area contributed by atoms with Crippen molar-refractivity contribution in [2.75, 3.05) is 12.4 Å². The topological polar surface area (TPSA) is 63.0 Å². The second-order valence-electron chi connectivity index (χ2n) is 3.56. The molecule has 8 heteroatoms. The molecule has 1 aliphatic heterocycles. The Bertz CT molecular complexity index is 627. The average molecular weight is 318 g/mol. The second-order valence-corrected chi connectivity index (χ2v) is 4.90. The van der Waals surface area contributed by atoms with Crippen LogP contribution in [-0.2, 0) is 20.9 Å². The van der Waals surface area contributed by atoms with E-state index in [-0.39, 0.29) is 0 Å². The number of methoxy groups -OCH3 is 1. The van der Waals surface area contributed by atoms with Crippen LogP contribution >= 0.6 is 23.2 Å². The van der Waals surface area contributed by atoms with Crippen LogP contribution in [0.4, 0.5) is 17.1 Å². The lowest BCUT2D eigenvalue weighted by atomic mass is 10.2. The van der Waals surface area contributed by atoms with Crippen molar-refractivity contribution in [1.82, 2.24) is 0 Å². The van der Waals surface area contributed by atoms with Crippen LogP contribution in [0, 0.1) is 0 Å². The molecule has 5 nitrogen and oxygen atoms in total. The number of esters is 1. The molecule has 0 radical (unpaired) electrons. The van der Waals surface area contributed by atoms with Gasteiger partial charge in [0.15, 0.2) is 0 Å². The fourth-order valence-electron chi connectivity index (χ4n) is 1.51. The number of carbonyl (C=O) groups is 1. The lowest BCUT2D eigenvalue weighted by Crippen LogP contribution is -2.28. The van der Waals surface area contributed by atoms with E-state index >= 15 is 0 Å². The van der Waals surface area contributed by atoms with Crippen molar-refractivity contribution in [3.63, 3.8) is 0 Å². The highest BCUT2D eigenvalue weighted by Crippen LogP contribution is 2.47. The van der Waals surface area contributed by atoms with Crippen LogP contribution in [0.25, 0.3) is 0 Å². The number of carbonyl (C=O) groups excluding carboxylic acids is 1. The van der Waals surface area contributed by atoms with Crippen LogP contribution in [0.15, 0.2) is 27.4 Å². The minimum atomic E-state index is -0.728. The summed E-state index contributed by atoms with van der Waals surface area (Å²) >= 11 is 13.1. The van der Waals surface area contributed by atoms with Gasteiger partial charge in [-0.2, -0.15) is 8.73 Å². The maximum Gasteiger partial charge on any atom is 0.332 e. The van der Waals surface area contributed by atoms with Crippen LogP contribution in [-0.4, -0.2) is 19.1 Å². The summed E-state index contributed by atoms with van der Waals surface area (Å²) < 4.78 is 12.9. The molecule has 0 aliphatic carbocycles. The van der Waals surface area contributed by atoms with E-state index in [1.54, 1.807) is 6.07 Å². The molecule has 1 heterocycles. The maximum atomic E-state index is 11.5. The predicted molar refractivity (Wildman–Crippen MR) is 77.6 cm³/mol. The van der Waals surface area contributed by atoms with Gasteiger partial charge in [-0.05, 0) is 6.07 Å². The Balaban J connectivity index is 2.42. The Labute approximate surface area is 123 Å². The smallest absolute Gasteiger partial charge is 0.332 e. The van der Waals surface area contributed by atoms with Crippen molar-refractivity contribution in [3.05, 3.63) is 28.8 Å². The molecule has 0 spiro atoms. The first kappa shape index (κ1) is 14.0. The average Bonchev–Trinajstić information content (AvgIpc) is 2.87. The predicted octanol–water partition coefficient (Wildman–Crippen LogP) is 3.86. The number of nitrogens with zero attached hydrogens (tertiary/aromatic N) is 2. The molecule has 1 aromatic carbocycles. The molecule has 19 heavy (non-hydrogen) atoms. The first-order chi connectivity index (χ1) is 9.08. The summed E-state index contributed by atoms with van der Waals surface area (Å²) in [5.74, 6) is -0.475.